The van der Waals surface area contributed by atoms with Crippen molar-refractivity contribution in [3.8, 4) is 0 Å². The summed E-state index contributed by atoms with van der Waals surface area (Å²) in [4.78, 5) is 0. The zero-order valence-corrected chi connectivity index (χ0v) is 5.46. The summed E-state index contributed by atoms with van der Waals surface area (Å²) in [5.74, 6) is 0. The van der Waals surface area contributed by atoms with Crippen LogP contribution >= 0.6 is 11.9 Å². The molecule has 0 amide bonds. The molecular formula is C5H9NS. The SMILES string of the molecule is CC1(C)CC=NS1. The summed E-state index contributed by atoms with van der Waals surface area (Å²) in [7, 11) is 0. The highest BCUT2D eigenvalue weighted by molar-refractivity contribution is 7.99. The standard InChI is InChI=1S/C5H9NS/c1-5(2)3-4-6-7-5/h4H,3H2,1-2H3. The monoisotopic (exact) mass is 115 g/mol. The van der Waals surface area contributed by atoms with Crippen LogP contribution in [0.4, 0.5) is 0 Å². The van der Waals surface area contributed by atoms with Crippen LogP contribution in [0, 0.1) is 0 Å². The van der Waals surface area contributed by atoms with Crippen molar-refractivity contribution in [3.63, 3.8) is 0 Å². The summed E-state index contributed by atoms with van der Waals surface area (Å²) in [6.45, 7) is 4.40. The van der Waals surface area contributed by atoms with Crippen LogP contribution in [0.15, 0.2) is 4.40 Å². The Balaban J connectivity index is 2.49. The van der Waals surface area contributed by atoms with Crippen molar-refractivity contribution in [2.75, 3.05) is 0 Å². The molecule has 1 nitrogen and oxygen atoms in total. The van der Waals surface area contributed by atoms with Crippen molar-refractivity contribution >= 4 is 18.2 Å². The first-order valence-corrected chi connectivity index (χ1v) is 3.18. The van der Waals surface area contributed by atoms with Crippen molar-refractivity contribution < 1.29 is 0 Å². The van der Waals surface area contributed by atoms with Gasteiger partial charge in [-0.25, -0.2) is 4.40 Å². The molecule has 7 heavy (non-hydrogen) atoms. The van der Waals surface area contributed by atoms with E-state index in [0.717, 1.165) is 6.42 Å². The van der Waals surface area contributed by atoms with E-state index in [-0.39, 0.29) is 0 Å². The van der Waals surface area contributed by atoms with Crippen molar-refractivity contribution in [2.45, 2.75) is 25.0 Å². The molecule has 0 atom stereocenters. The summed E-state index contributed by atoms with van der Waals surface area (Å²) < 4.78 is 4.42. The molecule has 0 aliphatic carbocycles. The summed E-state index contributed by atoms with van der Waals surface area (Å²) >= 11 is 1.67. The molecular weight excluding hydrogens is 106 g/mol. The molecule has 0 N–H and O–H groups in total. The molecule has 0 saturated carbocycles. The molecule has 0 aromatic rings. The van der Waals surface area contributed by atoms with Gasteiger partial charge < -0.3 is 0 Å². The van der Waals surface area contributed by atoms with Crippen LogP contribution in [0.25, 0.3) is 0 Å². The third-order valence-corrected chi connectivity index (χ3v) is 1.87. The van der Waals surface area contributed by atoms with Gasteiger partial charge in [0.1, 0.15) is 0 Å². The highest BCUT2D eigenvalue weighted by atomic mass is 32.2. The zero-order chi connectivity index (χ0) is 5.33. The lowest BCUT2D eigenvalue weighted by atomic mass is 10.1. The van der Waals surface area contributed by atoms with Gasteiger partial charge in [-0.2, -0.15) is 0 Å². The minimum Gasteiger partial charge on any atom is -0.228 e. The average molecular weight is 115 g/mol. The molecule has 2 heteroatoms. The van der Waals surface area contributed by atoms with Gasteiger partial charge in [0.05, 0.1) is 0 Å². The fourth-order valence-electron chi connectivity index (χ4n) is 0.474. The molecule has 1 aliphatic rings. The van der Waals surface area contributed by atoms with Crippen LogP contribution in [0.5, 0.6) is 0 Å². The molecule has 0 aromatic carbocycles. The molecule has 0 spiro atoms. The molecule has 0 aromatic heterocycles. The van der Waals surface area contributed by atoms with Gasteiger partial charge in [0.15, 0.2) is 0 Å². The smallest absolute Gasteiger partial charge is 0.0371 e. The molecule has 0 unspecified atom stereocenters. The minimum atomic E-state index is 0.389. The van der Waals surface area contributed by atoms with Gasteiger partial charge in [-0.3, -0.25) is 0 Å². The normalized spacial score (nSPS) is 26.0. The predicted molar refractivity (Wildman–Crippen MR) is 34.8 cm³/mol. The van der Waals surface area contributed by atoms with Crippen LogP contribution in [0.1, 0.15) is 20.3 Å². The predicted octanol–water partition coefficient (Wildman–Crippen LogP) is 1.89. The number of hydrogen-bond donors (Lipinski definition) is 0. The number of nitrogens with zero attached hydrogens (tertiary/aromatic N) is 1. The van der Waals surface area contributed by atoms with E-state index in [0.29, 0.717) is 4.75 Å². The highest BCUT2D eigenvalue weighted by Gasteiger charge is 2.20. The van der Waals surface area contributed by atoms with E-state index in [2.05, 4.69) is 18.2 Å². The van der Waals surface area contributed by atoms with Crippen LogP contribution in [-0.2, 0) is 0 Å². The lowest BCUT2D eigenvalue weighted by molar-refractivity contribution is 0.767. The molecule has 0 bridgehead atoms. The first-order chi connectivity index (χ1) is 3.21. The van der Waals surface area contributed by atoms with E-state index in [4.69, 9.17) is 0 Å². The lowest BCUT2D eigenvalue weighted by Gasteiger charge is -2.10. The third kappa shape index (κ3) is 1.20. The fraction of sp³-hybridized carbons (Fsp3) is 0.800. The number of hydrogen-bond acceptors (Lipinski definition) is 2. The first kappa shape index (κ1) is 5.16. The zero-order valence-electron chi connectivity index (χ0n) is 4.64. The second-order valence-corrected chi connectivity index (χ2v) is 3.84. The Morgan fingerprint density at radius 2 is 2.43 bits per heavy atom. The van der Waals surface area contributed by atoms with E-state index in [1.165, 1.54) is 0 Å². The van der Waals surface area contributed by atoms with Crippen LogP contribution in [-0.4, -0.2) is 11.0 Å². The molecule has 40 valence electrons. The van der Waals surface area contributed by atoms with Gasteiger partial charge in [-0.05, 0) is 32.2 Å². The Labute approximate surface area is 48.3 Å². The molecule has 1 heterocycles. The van der Waals surface area contributed by atoms with E-state index in [1.54, 1.807) is 11.9 Å². The van der Waals surface area contributed by atoms with Gasteiger partial charge in [0, 0.05) is 11.0 Å². The van der Waals surface area contributed by atoms with E-state index in [9.17, 15) is 0 Å². The largest absolute Gasteiger partial charge is 0.228 e. The maximum absolute atomic E-state index is 4.03. The fourth-order valence-corrected chi connectivity index (χ4v) is 1.06. The average Bonchev–Trinajstić information content (AvgIpc) is 1.84. The molecule has 0 radical (unpaired) electrons. The summed E-state index contributed by atoms with van der Waals surface area (Å²) in [6.07, 6.45) is 3.10. The molecule has 1 rings (SSSR count). The van der Waals surface area contributed by atoms with Crippen molar-refractivity contribution in [2.24, 2.45) is 4.40 Å². The maximum Gasteiger partial charge on any atom is 0.0371 e. The van der Waals surface area contributed by atoms with E-state index >= 15 is 0 Å². The first-order valence-electron chi connectivity index (χ1n) is 2.41. The Kier molecular flexibility index (Phi) is 1.11. The van der Waals surface area contributed by atoms with Gasteiger partial charge in [0.2, 0.25) is 0 Å². The topological polar surface area (TPSA) is 12.4 Å². The van der Waals surface area contributed by atoms with Gasteiger partial charge in [-0.15, -0.1) is 0 Å². The number of rotatable bonds is 0. The lowest BCUT2D eigenvalue weighted by Crippen LogP contribution is -2.08. The van der Waals surface area contributed by atoms with E-state index in [1.807, 2.05) is 6.21 Å². The maximum atomic E-state index is 4.03. The Morgan fingerprint density at radius 1 is 1.71 bits per heavy atom. The highest BCUT2D eigenvalue weighted by Crippen LogP contribution is 2.32. The minimum absolute atomic E-state index is 0.389. The molecule has 0 fully saturated rings. The molecule has 1 aliphatic heterocycles. The Hall–Kier alpha value is 0.0200. The second-order valence-electron chi connectivity index (χ2n) is 2.34. The van der Waals surface area contributed by atoms with Crippen molar-refractivity contribution in [1.82, 2.24) is 0 Å². The Bertz CT molecular complexity index is 86.3. The third-order valence-electron chi connectivity index (χ3n) is 0.957. The van der Waals surface area contributed by atoms with Crippen LogP contribution in [0.2, 0.25) is 0 Å². The van der Waals surface area contributed by atoms with Crippen LogP contribution in [0.3, 0.4) is 0 Å². The quantitative estimate of drug-likeness (QED) is 0.439. The van der Waals surface area contributed by atoms with Gasteiger partial charge in [0.25, 0.3) is 0 Å². The van der Waals surface area contributed by atoms with Crippen LogP contribution < -0.4 is 0 Å². The Morgan fingerprint density at radius 3 is 2.57 bits per heavy atom. The van der Waals surface area contributed by atoms with E-state index < -0.39 is 0 Å². The van der Waals surface area contributed by atoms with Crippen molar-refractivity contribution in [1.29, 1.82) is 0 Å². The molecule has 0 saturated heterocycles. The van der Waals surface area contributed by atoms with Gasteiger partial charge in [-0.1, -0.05) is 0 Å². The summed E-state index contributed by atoms with van der Waals surface area (Å²) in [5, 5.41) is 0. The second kappa shape index (κ2) is 1.51. The van der Waals surface area contributed by atoms with Crippen molar-refractivity contribution in [3.05, 3.63) is 0 Å². The summed E-state index contributed by atoms with van der Waals surface area (Å²) in [5.41, 5.74) is 0. The summed E-state index contributed by atoms with van der Waals surface area (Å²) in [6, 6.07) is 0. The van der Waals surface area contributed by atoms with Gasteiger partial charge >= 0.3 is 0 Å².